The maximum absolute atomic E-state index is 12.5. The molecule has 1 aromatic heterocycles. The maximum Gasteiger partial charge on any atom is 0.319 e. The third kappa shape index (κ3) is 4.18. The number of hydrogen-bond acceptors (Lipinski definition) is 3. The first-order chi connectivity index (χ1) is 13.7. The number of aromatic nitrogens is 2. The van der Waals surface area contributed by atoms with E-state index in [0.717, 1.165) is 50.0 Å². The van der Waals surface area contributed by atoms with Crippen molar-refractivity contribution in [2.75, 3.05) is 26.2 Å². The lowest BCUT2D eigenvalue weighted by atomic mass is 9.96. The lowest BCUT2D eigenvalue weighted by Crippen LogP contribution is -2.47. The maximum atomic E-state index is 12.5. The van der Waals surface area contributed by atoms with Crippen LogP contribution in [0.1, 0.15) is 31.2 Å². The molecule has 2 fully saturated rings. The van der Waals surface area contributed by atoms with Crippen LogP contribution in [-0.2, 0) is 11.3 Å². The van der Waals surface area contributed by atoms with E-state index in [2.05, 4.69) is 10.4 Å². The van der Waals surface area contributed by atoms with Crippen molar-refractivity contribution < 1.29 is 9.59 Å². The van der Waals surface area contributed by atoms with Crippen molar-refractivity contribution in [2.24, 2.45) is 5.92 Å². The molecular weight excluding hydrogens is 354 g/mol. The molecule has 0 atom stereocenters. The second kappa shape index (κ2) is 8.46. The van der Waals surface area contributed by atoms with E-state index in [9.17, 15) is 9.59 Å². The van der Waals surface area contributed by atoms with E-state index in [-0.39, 0.29) is 17.9 Å². The summed E-state index contributed by atoms with van der Waals surface area (Å²) in [6, 6.07) is 10.0. The summed E-state index contributed by atoms with van der Waals surface area (Å²) in [6.07, 6.45) is 7.39. The molecule has 0 spiro atoms. The van der Waals surface area contributed by atoms with Crippen LogP contribution in [0.5, 0.6) is 0 Å². The molecule has 4 rings (SSSR count). The van der Waals surface area contributed by atoms with Gasteiger partial charge in [-0.05, 0) is 37.8 Å². The topological polar surface area (TPSA) is 70.5 Å². The molecule has 3 amide bonds. The van der Waals surface area contributed by atoms with E-state index < -0.39 is 0 Å². The highest BCUT2D eigenvalue weighted by Gasteiger charge is 2.30. The molecule has 2 aromatic rings. The number of piperidine rings is 1. The van der Waals surface area contributed by atoms with Gasteiger partial charge in [-0.2, -0.15) is 5.10 Å². The Morgan fingerprint density at radius 1 is 1.00 bits per heavy atom. The molecule has 0 radical (unpaired) electrons. The van der Waals surface area contributed by atoms with Crippen LogP contribution >= 0.6 is 0 Å². The first-order valence-corrected chi connectivity index (χ1v) is 10.1. The molecular formula is C21H27N5O2. The normalized spacial score (nSPS) is 17.7. The average Bonchev–Trinajstić information content (AvgIpc) is 3.44. The van der Waals surface area contributed by atoms with Gasteiger partial charge in [-0.1, -0.05) is 18.2 Å². The zero-order valence-corrected chi connectivity index (χ0v) is 16.1. The Balaban J connectivity index is 1.24. The molecule has 1 aromatic carbocycles. The number of likely N-dealkylation sites (tertiary alicyclic amines) is 2. The predicted octanol–water partition coefficient (Wildman–Crippen LogP) is 2.42. The Morgan fingerprint density at radius 2 is 1.68 bits per heavy atom. The highest BCUT2D eigenvalue weighted by atomic mass is 16.2. The standard InChI is InChI=1S/C21H27N5O2/c27-20(18-8-12-25(13-9-18)21(28)24-10-4-5-11-24)22-14-17-15-23-26(16-17)19-6-2-1-3-7-19/h1-3,6-7,15-16,18H,4-5,8-14H2,(H,22,27). The minimum absolute atomic E-state index is 0.0215. The number of para-hydroxylation sites is 1. The zero-order chi connectivity index (χ0) is 19.3. The fourth-order valence-corrected chi connectivity index (χ4v) is 3.95. The number of carbonyl (C=O) groups is 2. The van der Waals surface area contributed by atoms with Gasteiger partial charge in [0.15, 0.2) is 0 Å². The molecule has 7 nitrogen and oxygen atoms in total. The van der Waals surface area contributed by atoms with Crippen molar-refractivity contribution in [1.82, 2.24) is 24.9 Å². The van der Waals surface area contributed by atoms with Gasteiger partial charge in [0.25, 0.3) is 0 Å². The Labute approximate surface area is 165 Å². The van der Waals surface area contributed by atoms with E-state index in [1.54, 1.807) is 6.20 Å². The van der Waals surface area contributed by atoms with Gasteiger partial charge >= 0.3 is 6.03 Å². The fraction of sp³-hybridized carbons (Fsp3) is 0.476. The van der Waals surface area contributed by atoms with Gasteiger partial charge in [0, 0.05) is 50.4 Å². The second-order valence-corrected chi connectivity index (χ2v) is 7.58. The fourth-order valence-electron chi connectivity index (χ4n) is 3.95. The SMILES string of the molecule is O=C(NCc1cnn(-c2ccccc2)c1)C1CCN(C(=O)N2CCCC2)CC1. The number of benzene rings is 1. The quantitative estimate of drug-likeness (QED) is 0.884. The van der Waals surface area contributed by atoms with Gasteiger partial charge in [0.2, 0.25) is 5.91 Å². The van der Waals surface area contributed by atoms with Crippen molar-refractivity contribution >= 4 is 11.9 Å². The molecule has 1 N–H and O–H groups in total. The molecule has 0 unspecified atom stereocenters. The highest BCUT2D eigenvalue weighted by Crippen LogP contribution is 2.20. The first-order valence-electron chi connectivity index (χ1n) is 10.1. The molecule has 2 aliphatic rings. The summed E-state index contributed by atoms with van der Waals surface area (Å²) in [5.41, 5.74) is 1.97. The number of carbonyl (C=O) groups excluding carboxylic acids is 2. The molecule has 7 heteroatoms. The second-order valence-electron chi connectivity index (χ2n) is 7.58. The van der Waals surface area contributed by atoms with E-state index in [1.807, 2.05) is 51.0 Å². The summed E-state index contributed by atoms with van der Waals surface area (Å²) in [4.78, 5) is 28.8. The molecule has 28 heavy (non-hydrogen) atoms. The Hall–Kier alpha value is -2.83. The Morgan fingerprint density at radius 3 is 2.39 bits per heavy atom. The van der Waals surface area contributed by atoms with E-state index >= 15 is 0 Å². The molecule has 2 saturated heterocycles. The number of rotatable bonds is 4. The van der Waals surface area contributed by atoms with Crippen LogP contribution < -0.4 is 5.32 Å². The van der Waals surface area contributed by atoms with Gasteiger partial charge in [-0.15, -0.1) is 0 Å². The largest absolute Gasteiger partial charge is 0.352 e. The van der Waals surface area contributed by atoms with Gasteiger partial charge in [0.05, 0.1) is 11.9 Å². The average molecular weight is 381 g/mol. The molecule has 3 heterocycles. The van der Waals surface area contributed by atoms with E-state index in [1.165, 1.54) is 0 Å². The van der Waals surface area contributed by atoms with E-state index in [0.29, 0.717) is 19.6 Å². The summed E-state index contributed by atoms with van der Waals surface area (Å²) >= 11 is 0. The van der Waals surface area contributed by atoms with Crippen molar-refractivity contribution in [1.29, 1.82) is 0 Å². The predicted molar refractivity (Wildman–Crippen MR) is 106 cm³/mol. The molecule has 0 saturated carbocycles. The third-order valence-corrected chi connectivity index (χ3v) is 5.64. The number of nitrogens with one attached hydrogen (secondary N) is 1. The monoisotopic (exact) mass is 381 g/mol. The Kier molecular flexibility index (Phi) is 5.60. The van der Waals surface area contributed by atoms with Crippen LogP contribution in [0.4, 0.5) is 4.79 Å². The number of nitrogens with zero attached hydrogens (tertiary/aromatic N) is 4. The van der Waals surface area contributed by atoms with Gasteiger partial charge in [0.1, 0.15) is 0 Å². The lowest BCUT2D eigenvalue weighted by Gasteiger charge is -2.34. The van der Waals surface area contributed by atoms with Crippen molar-refractivity contribution in [3.05, 3.63) is 48.3 Å². The number of hydrogen-bond donors (Lipinski definition) is 1. The van der Waals surface area contributed by atoms with Crippen molar-refractivity contribution in [3.8, 4) is 5.69 Å². The summed E-state index contributed by atoms with van der Waals surface area (Å²) in [6.45, 7) is 3.54. The van der Waals surface area contributed by atoms with Crippen molar-refractivity contribution in [2.45, 2.75) is 32.2 Å². The number of urea groups is 1. The third-order valence-electron chi connectivity index (χ3n) is 5.64. The minimum atomic E-state index is -0.0215. The van der Waals surface area contributed by atoms with Crippen LogP contribution in [0, 0.1) is 5.92 Å². The summed E-state index contributed by atoms with van der Waals surface area (Å²) < 4.78 is 1.81. The molecule has 0 aliphatic carbocycles. The van der Waals surface area contributed by atoms with Crippen LogP contribution in [0.2, 0.25) is 0 Å². The smallest absolute Gasteiger partial charge is 0.319 e. The molecule has 148 valence electrons. The van der Waals surface area contributed by atoms with Gasteiger partial charge in [-0.25, -0.2) is 9.48 Å². The van der Waals surface area contributed by atoms with Crippen LogP contribution in [-0.4, -0.2) is 57.7 Å². The summed E-state index contributed by atoms with van der Waals surface area (Å²) in [7, 11) is 0. The lowest BCUT2D eigenvalue weighted by molar-refractivity contribution is -0.126. The molecule has 2 aliphatic heterocycles. The van der Waals surface area contributed by atoms with Crippen LogP contribution in [0.15, 0.2) is 42.7 Å². The highest BCUT2D eigenvalue weighted by molar-refractivity contribution is 5.79. The Bertz CT molecular complexity index is 805. The van der Waals surface area contributed by atoms with Crippen molar-refractivity contribution in [3.63, 3.8) is 0 Å². The number of amides is 3. The summed E-state index contributed by atoms with van der Waals surface area (Å²) in [5.74, 6) is 0.0486. The van der Waals surface area contributed by atoms with E-state index in [4.69, 9.17) is 0 Å². The first kappa shape index (κ1) is 18.5. The van der Waals surface area contributed by atoms with Crippen LogP contribution in [0.3, 0.4) is 0 Å². The van der Waals surface area contributed by atoms with Gasteiger partial charge in [-0.3, -0.25) is 4.79 Å². The zero-order valence-electron chi connectivity index (χ0n) is 16.1. The minimum Gasteiger partial charge on any atom is -0.352 e. The summed E-state index contributed by atoms with van der Waals surface area (Å²) in [5, 5.41) is 7.39. The van der Waals surface area contributed by atoms with Crippen LogP contribution in [0.25, 0.3) is 5.69 Å². The molecule has 0 bridgehead atoms. The van der Waals surface area contributed by atoms with Gasteiger partial charge < -0.3 is 15.1 Å².